The predicted octanol–water partition coefficient (Wildman–Crippen LogP) is 3.84. The Morgan fingerprint density at radius 2 is 1.76 bits per heavy atom. The number of likely N-dealkylation sites (N-methyl/N-ethyl adjacent to an activating group) is 1. The highest BCUT2D eigenvalue weighted by molar-refractivity contribution is 6.30. The van der Waals surface area contributed by atoms with Crippen molar-refractivity contribution in [2.45, 2.75) is 12.6 Å². The second-order valence-electron chi connectivity index (χ2n) is 6.44. The fourth-order valence-electron chi connectivity index (χ4n) is 2.65. The van der Waals surface area contributed by atoms with Crippen molar-refractivity contribution in [3.05, 3.63) is 83.1 Å². The molecule has 7 heteroatoms. The summed E-state index contributed by atoms with van der Waals surface area (Å²) >= 11 is 5.89. The van der Waals surface area contributed by atoms with Crippen LogP contribution in [-0.4, -0.2) is 35.5 Å². The Hall–Kier alpha value is -3.09. The van der Waals surface area contributed by atoms with Crippen molar-refractivity contribution < 1.29 is 23.8 Å². The average Bonchev–Trinajstić information content (AvgIpc) is 3.20. The van der Waals surface area contributed by atoms with Crippen LogP contribution in [0.5, 0.6) is 0 Å². The second-order valence-corrected chi connectivity index (χ2v) is 6.88. The van der Waals surface area contributed by atoms with E-state index >= 15 is 0 Å². The van der Waals surface area contributed by atoms with Gasteiger partial charge in [0, 0.05) is 17.6 Å². The van der Waals surface area contributed by atoms with Crippen molar-refractivity contribution >= 4 is 23.5 Å². The van der Waals surface area contributed by atoms with E-state index in [-0.39, 0.29) is 6.54 Å². The first-order chi connectivity index (χ1) is 13.9. The van der Waals surface area contributed by atoms with Crippen LogP contribution in [0.1, 0.15) is 17.4 Å². The number of carbonyl (C=O) groups excluding carboxylic acids is 2. The van der Waals surface area contributed by atoms with Gasteiger partial charge in [-0.1, -0.05) is 41.9 Å². The van der Waals surface area contributed by atoms with Gasteiger partial charge in [0.2, 0.25) is 0 Å². The lowest BCUT2D eigenvalue weighted by atomic mass is 10.1. The maximum absolute atomic E-state index is 12.2. The van der Waals surface area contributed by atoms with Gasteiger partial charge in [-0.15, -0.1) is 0 Å². The number of amides is 1. The molecule has 0 fully saturated rings. The molecule has 2 aromatic carbocycles. The molecule has 1 N–H and O–H groups in total. The Labute approximate surface area is 173 Å². The Kier molecular flexibility index (Phi) is 6.69. The number of furan rings is 1. The first-order valence-corrected chi connectivity index (χ1v) is 9.30. The lowest BCUT2D eigenvalue weighted by Crippen LogP contribution is -2.31. The van der Waals surface area contributed by atoms with Crippen molar-refractivity contribution in [2.24, 2.45) is 0 Å². The maximum atomic E-state index is 12.2. The van der Waals surface area contributed by atoms with Gasteiger partial charge in [0.1, 0.15) is 11.5 Å². The molecule has 3 rings (SSSR count). The van der Waals surface area contributed by atoms with Gasteiger partial charge in [-0.25, -0.2) is 4.79 Å². The molecule has 150 valence electrons. The summed E-state index contributed by atoms with van der Waals surface area (Å²) in [5.41, 5.74) is 1.28. The Bertz CT molecular complexity index is 968. The lowest BCUT2D eigenvalue weighted by molar-refractivity contribution is -0.159. The van der Waals surface area contributed by atoms with Gasteiger partial charge in [-0.2, -0.15) is 0 Å². The molecule has 1 atom stereocenters. The molecule has 29 heavy (non-hydrogen) atoms. The molecular formula is C22H20ClNO5. The fourth-order valence-corrected chi connectivity index (χ4v) is 2.77. The van der Waals surface area contributed by atoms with Gasteiger partial charge < -0.3 is 19.2 Å². The van der Waals surface area contributed by atoms with Gasteiger partial charge in [0.25, 0.3) is 5.91 Å². The highest BCUT2D eigenvalue weighted by Gasteiger charge is 2.21. The third-order valence-electron chi connectivity index (χ3n) is 4.29. The molecule has 6 nitrogen and oxygen atoms in total. The summed E-state index contributed by atoms with van der Waals surface area (Å²) in [4.78, 5) is 25.6. The minimum atomic E-state index is -1.43. The minimum absolute atomic E-state index is 0.214. The molecule has 0 bridgehead atoms. The van der Waals surface area contributed by atoms with Crippen LogP contribution in [-0.2, 0) is 20.9 Å². The molecule has 0 spiro atoms. The van der Waals surface area contributed by atoms with E-state index in [1.807, 2.05) is 18.2 Å². The summed E-state index contributed by atoms with van der Waals surface area (Å²) in [6.07, 6.45) is -1.43. The third kappa shape index (κ3) is 5.47. The van der Waals surface area contributed by atoms with Crippen LogP contribution < -0.4 is 0 Å². The summed E-state index contributed by atoms with van der Waals surface area (Å²) in [6.45, 7) is -0.255. The van der Waals surface area contributed by atoms with Crippen LogP contribution in [0.3, 0.4) is 0 Å². The molecule has 0 saturated heterocycles. The van der Waals surface area contributed by atoms with Crippen LogP contribution >= 0.6 is 11.6 Å². The maximum Gasteiger partial charge on any atom is 0.340 e. The number of halogens is 1. The summed E-state index contributed by atoms with van der Waals surface area (Å²) < 4.78 is 10.7. The van der Waals surface area contributed by atoms with Gasteiger partial charge in [0.15, 0.2) is 12.7 Å². The minimum Gasteiger partial charge on any atom is -0.459 e. The molecule has 0 aliphatic carbocycles. The van der Waals surface area contributed by atoms with Gasteiger partial charge in [0.05, 0.1) is 6.54 Å². The number of rotatable bonds is 7. The zero-order valence-electron chi connectivity index (χ0n) is 15.7. The number of hydrogen-bond donors (Lipinski definition) is 1. The zero-order valence-corrected chi connectivity index (χ0v) is 16.5. The van der Waals surface area contributed by atoms with Gasteiger partial charge in [-0.05, 0) is 42.0 Å². The van der Waals surface area contributed by atoms with Crippen molar-refractivity contribution in [1.82, 2.24) is 4.90 Å². The molecule has 0 aliphatic heterocycles. The highest BCUT2D eigenvalue weighted by Crippen LogP contribution is 2.24. The number of ether oxygens (including phenoxy) is 1. The van der Waals surface area contributed by atoms with Gasteiger partial charge in [-0.3, -0.25) is 4.79 Å². The number of benzene rings is 2. The van der Waals surface area contributed by atoms with Crippen LogP contribution in [0.4, 0.5) is 0 Å². The van der Waals surface area contributed by atoms with Gasteiger partial charge >= 0.3 is 5.97 Å². The fraction of sp³-hybridized carbons (Fsp3) is 0.182. The van der Waals surface area contributed by atoms with Crippen molar-refractivity contribution in [3.8, 4) is 11.3 Å². The number of aliphatic hydroxyl groups excluding tert-OH is 1. The normalized spacial score (nSPS) is 11.7. The van der Waals surface area contributed by atoms with Crippen molar-refractivity contribution in [3.63, 3.8) is 0 Å². The van der Waals surface area contributed by atoms with E-state index in [4.69, 9.17) is 20.8 Å². The van der Waals surface area contributed by atoms with E-state index in [9.17, 15) is 14.7 Å². The third-order valence-corrected chi connectivity index (χ3v) is 4.54. The second kappa shape index (κ2) is 9.41. The SMILES string of the molecule is CN(Cc1ccc(-c2ccc(Cl)cc2)o1)C(=O)COC(=O)[C@@H](O)c1ccccc1. The molecular weight excluding hydrogens is 394 g/mol. The van der Waals surface area contributed by atoms with E-state index in [0.29, 0.717) is 22.1 Å². The standard InChI is InChI=1S/C22H20ClNO5/c1-24(13-18-11-12-19(29-18)15-7-9-17(23)10-8-15)20(25)14-28-22(27)21(26)16-5-3-2-4-6-16/h2-12,21,26H,13-14H2,1H3/t21-/m0/s1. The quantitative estimate of drug-likeness (QED) is 0.595. The number of esters is 1. The number of aliphatic hydroxyl groups is 1. The largest absolute Gasteiger partial charge is 0.459 e. The van der Waals surface area contributed by atoms with Crippen LogP contribution in [0.15, 0.2) is 71.1 Å². The number of hydrogen-bond acceptors (Lipinski definition) is 5. The molecule has 3 aromatic rings. The van der Waals surface area contributed by atoms with Crippen LogP contribution in [0, 0.1) is 0 Å². The Morgan fingerprint density at radius 1 is 1.07 bits per heavy atom. The average molecular weight is 414 g/mol. The smallest absolute Gasteiger partial charge is 0.340 e. The van der Waals surface area contributed by atoms with E-state index in [1.165, 1.54) is 4.90 Å². The van der Waals surface area contributed by atoms with Crippen LogP contribution in [0.2, 0.25) is 5.02 Å². The van der Waals surface area contributed by atoms with Crippen molar-refractivity contribution in [2.75, 3.05) is 13.7 Å². The molecule has 0 saturated carbocycles. The molecule has 1 heterocycles. The predicted molar refractivity (Wildman–Crippen MR) is 108 cm³/mol. The molecule has 0 unspecified atom stereocenters. The van der Waals surface area contributed by atoms with Crippen molar-refractivity contribution in [1.29, 1.82) is 0 Å². The number of nitrogens with zero attached hydrogens (tertiary/aromatic N) is 1. The summed E-state index contributed by atoms with van der Waals surface area (Å²) in [5, 5.41) is 10.6. The topological polar surface area (TPSA) is 80.0 Å². The monoisotopic (exact) mass is 413 g/mol. The summed E-state index contributed by atoms with van der Waals surface area (Å²) in [5.74, 6) is -0.0413. The molecule has 1 amide bonds. The van der Waals surface area contributed by atoms with Crippen LogP contribution in [0.25, 0.3) is 11.3 Å². The van der Waals surface area contributed by atoms with E-state index < -0.39 is 24.6 Å². The molecule has 0 aliphatic rings. The molecule has 0 radical (unpaired) electrons. The van der Waals surface area contributed by atoms with E-state index in [0.717, 1.165) is 5.56 Å². The Balaban J connectivity index is 1.52. The first-order valence-electron chi connectivity index (χ1n) is 8.92. The van der Waals surface area contributed by atoms with E-state index in [1.54, 1.807) is 55.6 Å². The Morgan fingerprint density at radius 3 is 2.45 bits per heavy atom. The lowest BCUT2D eigenvalue weighted by Gasteiger charge is -2.16. The molecule has 1 aromatic heterocycles. The van der Waals surface area contributed by atoms with E-state index in [2.05, 4.69) is 0 Å². The number of carbonyl (C=O) groups is 2. The summed E-state index contributed by atoms with van der Waals surface area (Å²) in [6, 6.07) is 19.2. The summed E-state index contributed by atoms with van der Waals surface area (Å²) in [7, 11) is 1.58. The highest BCUT2D eigenvalue weighted by atomic mass is 35.5. The zero-order chi connectivity index (χ0) is 20.8. The first kappa shape index (κ1) is 20.6.